The van der Waals surface area contributed by atoms with Gasteiger partial charge in [-0.05, 0) is 37.0 Å². The molecule has 1 aromatic heterocycles. The lowest BCUT2D eigenvalue weighted by molar-refractivity contribution is -0.137. The van der Waals surface area contributed by atoms with Gasteiger partial charge in [0, 0.05) is 30.4 Å². The monoisotopic (exact) mass is 397 g/mol. The van der Waals surface area contributed by atoms with E-state index in [0.29, 0.717) is 29.5 Å². The largest absolute Gasteiger partial charge is 0.481 e. The highest BCUT2D eigenvalue weighted by molar-refractivity contribution is 5.94. The Hall–Kier alpha value is -2.96. The number of aromatic nitrogens is 2. The Bertz CT molecular complexity index is 807. The fourth-order valence-electron chi connectivity index (χ4n) is 3.80. The third kappa shape index (κ3) is 6.85. The van der Waals surface area contributed by atoms with Crippen molar-refractivity contribution in [2.24, 2.45) is 5.92 Å². The van der Waals surface area contributed by atoms with Crippen LogP contribution in [0.3, 0.4) is 0 Å². The SMILES string of the molecule is O=C(O)CCC(CC1CCCCC1)NC(=O)c1cccc(Oc2cnccn2)c1. The number of carboxylic acid groups (broad SMARTS) is 1. The van der Waals surface area contributed by atoms with Crippen LogP contribution in [-0.4, -0.2) is 33.0 Å². The predicted molar refractivity (Wildman–Crippen MR) is 108 cm³/mol. The summed E-state index contributed by atoms with van der Waals surface area (Å²) in [6.07, 6.45) is 11.9. The van der Waals surface area contributed by atoms with Crippen LogP contribution >= 0.6 is 0 Å². The number of amides is 1. The van der Waals surface area contributed by atoms with Crippen LogP contribution in [0.5, 0.6) is 11.6 Å². The van der Waals surface area contributed by atoms with Crippen molar-refractivity contribution in [1.29, 1.82) is 0 Å². The normalized spacial score (nSPS) is 15.4. The maximum Gasteiger partial charge on any atom is 0.303 e. The van der Waals surface area contributed by atoms with E-state index in [1.54, 1.807) is 30.5 Å². The molecule has 0 aliphatic heterocycles. The summed E-state index contributed by atoms with van der Waals surface area (Å²) >= 11 is 0. The predicted octanol–water partition coefficient (Wildman–Crippen LogP) is 4.20. The molecule has 0 saturated heterocycles. The molecule has 7 nitrogen and oxygen atoms in total. The van der Waals surface area contributed by atoms with E-state index in [-0.39, 0.29) is 18.4 Å². The first-order valence-electron chi connectivity index (χ1n) is 10.2. The summed E-state index contributed by atoms with van der Waals surface area (Å²) < 4.78 is 5.64. The summed E-state index contributed by atoms with van der Waals surface area (Å²) in [7, 11) is 0. The van der Waals surface area contributed by atoms with Crippen molar-refractivity contribution in [3.05, 3.63) is 48.4 Å². The van der Waals surface area contributed by atoms with E-state index in [0.717, 1.165) is 19.3 Å². The van der Waals surface area contributed by atoms with Gasteiger partial charge in [0.25, 0.3) is 5.91 Å². The van der Waals surface area contributed by atoms with Gasteiger partial charge in [-0.15, -0.1) is 0 Å². The lowest BCUT2D eigenvalue weighted by Gasteiger charge is -2.27. The highest BCUT2D eigenvalue weighted by Gasteiger charge is 2.22. The van der Waals surface area contributed by atoms with Crippen molar-refractivity contribution in [2.75, 3.05) is 0 Å². The maximum absolute atomic E-state index is 12.8. The minimum absolute atomic E-state index is 0.0491. The molecule has 1 aliphatic carbocycles. The van der Waals surface area contributed by atoms with Gasteiger partial charge < -0.3 is 15.2 Å². The number of rotatable bonds is 9. The standard InChI is InChI=1S/C22H27N3O4/c26-21(27)10-9-18(13-16-5-2-1-3-6-16)25-22(28)17-7-4-8-19(14-17)29-20-15-23-11-12-24-20/h4,7-8,11-12,14-16,18H,1-3,5-6,9-10,13H2,(H,25,28)(H,26,27). The molecule has 1 fully saturated rings. The molecule has 0 radical (unpaired) electrons. The number of hydrogen-bond acceptors (Lipinski definition) is 5. The summed E-state index contributed by atoms with van der Waals surface area (Å²) in [5, 5.41) is 12.1. The Labute approximate surface area is 170 Å². The molecule has 7 heteroatoms. The first-order chi connectivity index (χ1) is 14.1. The molecule has 154 valence electrons. The molecule has 1 atom stereocenters. The fourth-order valence-corrected chi connectivity index (χ4v) is 3.80. The lowest BCUT2D eigenvalue weighted by atomic mass is 9.84. The van der Waals surface area contributed by atoms with E-state index in [4.69, 9.17) is 9.84 Å². The van der Waals surface area contributed by atoms with E-state index < -0.39 is 5.97 Å². The van der Waals surface area contributed by atoms with Crippen LogP contribution in [0.4, 0.5) is 0 Å². The van der Waals surface area contributed by atoms with Crippen molar-refractivity contribution >= 4 is 11.9 Å². The molecular weight excluding hydrogens is 370 g/mol. The third-order valence-electron chi connectivity index (χ3n) is 5.24. The Morgan fingerprint density at radius 3 is 2.76 bits per heavy atom. The summed E-state index contributed by atoms with van der Waals surface area (Å²) in [4.78, 5) is 31.8. The quantitative estimate of drug-likeness (QED) is 0.657. The molecular formula is C22H27N3O4. The molecule has 1 unspecified atom stereocenters. The van der Waals surface area contributed by atoms with Crippen LogP contribution < -0.4 is 10.1 Å². The van der Waals surface area contributed by atoms with Crippen LogP contribution in [0.25, 0.3) is 0 Å². The molecule has 1 aromatic carbocycles. The first-order valence-corrected chi connectivity index (χ1v) is 10.2. The average molecular weight is 397 g/mol. The number of hydrogen-bond donors (Lipinski definition) is 2. The number of carbonyl (C=O) groups is 2. The molecule has 1 saturated carbocycles. The maximum atomic E-state index is 12.8. The van der Waals surface area contributed by atoms with Gasteiger partial charge in [-0.25, -0.2) is 4.98 Å². The van der Waals surface area contributed by atoms with Gasteiger partial charge in [0.15, 0.2) is 0 Å². The number of ether oxygens (including phenoxy) is 1. The van der Waals surface area contributed by atoms with Gasteiger partial charge in [0.1, 0.15) is 5.75 Å². The topological polar surface area (TPSA) is 101 Å². The van der Waals surface area contributed by atoms with Crippen LogP contribution in [0.1, 0.15) is 61.7 Å². The molecule has 0 bridgehead atoms. The third-order valence-corrected chi connectivity index (χ3v) is 5.24. The van der Waals surface area contributed by atoms with Gasteiger partial charge in [0.05, 0.1) is 6.20 Å². The van der Waals surface area contributed by atoms with Crippen molar-refractivity contribution in [2.45, 2.75) is 57.4 Å². The Morgan fingerprint density at radius 1 is 1.21 bits per heavy atom. The zero-order valence-corrected chi connectivity index (χ0v) is 16.4. The number of nitrogens with one attached hydrogen (secondary N) is 1. The summed E-state index contributed by atoms with van der Waals surface area (Å²) in [6, 6.07) is 6.71. The molecule has 29 heavy (non-hydrogen) atoms. The van der Waals surface area contributed by atoms with Gasteiger partial charge in [-0.1, -0.05) is 38.2 Å². The van der Waals surface area contributed by atoms with Gasteiger partial charge in [-0.2, -0.15) is 0 Å². The fraction of sp³-hybridized carbons (Fsp3) is 0.455. The van der Waals surface area contributed by atoms with Crippen molar-refractivity contribution in [3.8, 4) is 11.6 Å². The Kier molecular flexibility index (Phi) is 7.55. The number of benzene rings is 1. The second-order valence-electron chi connectivity index (χ2n) is 7.52. The number of carbonyl (C=O) groups excluding carboxylic acids is 1. The molecule has 3 rings (SSSR count). The molecule has 2 aromatic rings. The zero-order chi connectivity index (χ0) is 20.5. The average Bonchev–Trinajstić information content (AvgIpc) is 2.73. The molecule has 1 aliphatic rings. The first kappa shape index (κ1) is 20.8. The van der Waals surface area contributed by atoms with Gasteiger partial charge in [0.2, 0.25) is 5.88 Å². The zero-order valence-electron chi connectivity index (χ0n) is 16.4. The minimum atomic E-state index is -0.840. The second-order valence-corrected chi connectivity index (χ2v) is 7.52. The second kappa shape index (κ2) is 10.5. The number of nitrogens with zero attached hydrogens (tertiary/aromatic N) is 2. The van der Waals surface area contributed by atoms with E-state index in [1.165, 1.54) is 31.7 Å². The Morgan fingerprint density at radius 2 is 2.03 bits per heavy atom. The van der Waals surface area contributed by atoms with E-state index in [2.05, 4.69) is 15.3 Å². The summed E-state index contributed by atoms with van der Waals surface area (Å²) in [5.74, 6) is 0.330. The minimum Gasteiger partial charge on any atom is -0.481 e. The summed E-state index contributed by atoms with van der Waals surface area (Å²) in [6.45, 7) is 0. The van der Waals surface area contributed by atoms with Gasteiger partial charge >= 0.3 is 5.97 Å². The van der Waals surface area contributed by atoms with E-state index in [1.807, 2.05) is 0 Å². The van der Waals surface area contributed by atoms with Crippen molar-refractivity contribution in [3.63, 3.8) is 0 Å². The smallest absolute Gasteiger partial charge is 0.303 e. The molecule has 2 N–H and O–H groups in total. The highest BCUT2D eigenvalue weighted by atomic mass is 16.5. The van der Waals surface area contributed by atoms with Crippen molar-refractivity contribution in [1.82, 2.24) is 15.3 Å². The van der Waals surface area contributed by atoms with Crippen molar-refractivity contribution < 1.29 is 19.4 Å². The number of aliphatic carboxylic acids is 1. The van der Waals surface area contributed by atoms with Crippen LogP contribution in [-0.2, 0) is 4.79 Å². The van der Waals surface area contributed by atoms with Crippen LogP contribution in [0.2, 0.25) is 0 Å². The van der Waals surface area contributed by atoms with Gasteiger partial charge in [-0.3, -0.25) is 14.6 Å². The van der Waals surface area contributed by atoms with E-state index in [9.17, 15) is 9.59 Å². The van der Waals surface area contributed by atoms with Crippen LogP contribution in [0.15, 0.2) is 42.9 Å². The molecule has 1 amide bonds. The highest BCUT2D eigenvalue weighted by Crippen LogP contribution is 2.28. The summed E-state index contributed by atoms with van der Waals surface area (Å²) in [5.41, 5.74) is 0.468. The van der Waals surface area contributed by atoms with Crippen LogP contribution in [0, 0.1) is 5.92 Å². The van der Waals surface area contributed by atoms with E-state index >= 15 is 0 Å². The molecule has 1 heterocycles. The molecule has 0 spiro atoms. The number of carboxylic acids is 1. The Balaban J connectivity index is 1.64. The lowest BCUT2D eigenvalue weighted by Crippen LogP contribution is -2.37.